The summed E-state index contributed by atoms with van der Waals surface area (Å²) in [5, 5.41) is 18.2. The minimum absolute atomic E-state index is 0.180. The molecule has 4 heteroatoms. The Morgan fingerprint density at radius 2 is 1.65 bits per heavy atom. The summed E-state index contributed by atoms with van der Waals surface area (Å²) >= 11 is 3.56. The lowest BCUT2D eigenvalue weighted by Gasteiger charge is -2.21. The average molecular weight is 304 g/mol. The van der Waals surface area contributed by atoms with Crippen molar-refractivity contribution in [3.05, 3.63) is 47.5 Å². The smallest absolute Gasteiger partial charge is 0.0471 e. The normalized spacial score (nSPS) is 12.9. The van der Waals surface area contributed by atoms with E-state index in [0.717, 1.165) is 0 Å². The van der Waals surface area contributed by atoms with Crippen molar-refractivity contribution in [1.29, 1.82) is 0 Å². The van der Waals surface area contributed by atoms with E-state index in [-0.39, 0.29) is 13.2 Å². The molecule has 0 saturated carbocycles. The lowest BCUT2D eigenvalue weighted by Crippen LogP contribution is -1.99. The van der Waals surface area contributed by atoms with Gasteiger partial charge in [0.1, 0.15) is 0 Å². The van der Waals surface area contributed by atoms with Gasteiger partial charge in [0.05, 0.1) is 0 Å². The fourth-order valence-corrected chi connectivity index (χ4v) is 4.78. The van der Waals surface area contributed by atoms with Crippen LogP contribution in [0.2, 0.25) is 0 Å². The maximum Gasteiger partial charge on any atom is 0.0471 e. The zero-order chi connectivity index (χ0) is 13.9. The first-order valence-electron chi connectivity index (χ1n) is 6.64. The van der Waals surface area contributed by atoms with Crippen molar-refractivity contribution in [1.82, 2.24) is 0 Å². The topological polar surface area (TPSA) is 40.5 Å². The molecular weight excluding hydrogens is 288 g/mol. The molecule has 20 heavy (non-hydrogen) atoms. The molecule has 0 bridgehead atoms. The summed E-state index contributed by atoms with van der Waals surface area (Å²) in [5.41, 5.74) is 2.38. The molecule has 3 rings (SSSR count). The zero-order valence-corrected chi connectivity index (χ0v) is 12.6. The van der Waals surface area contributed by atoms with Crippen molar-refractivity contribution >= 4 is 23.5 Å². The minimum atomic E-state index is 0.180. The first-order chi connectivity index (χ1) is 9.81. The van der Waals surface area contributed by atoms with Gasteiger partial charge in [-0.3, -0.25) is 0 Å². The Labute approximate surface area is 127 Å². The molecule has 0 aromatic heterocycles. The monoisotopic (exact) mass is 304 g/mol. The maximum atomic E-state index is 9.19. The number of benzene rings is 2. The Morgan fingerprint density at radius 1 is 0.800 bits per heavy atom. The highest BCUT2D eigenvalue weighted by atomic mass is 32.2. The summed E-state index contributed by atoms with van der Waals surface area (Å²) in [6.07, 6.45) is 1.39. The average Bonchev–Trinajstić information content (AvgIpc) is 2.46. The van der Waals surface area contributed by atoms with E-state index in [1.165, 1.54) is 30.7 Å². The van der Waals surface area contributed by atoms with Crippen LogP contribution in [-0.4, -0.2) is 23.4 Å². The summed E-state index contributed by atoms with van der Waals surface area (Å²) in [7, 11) is 0. The van der Waals surface area contributed by atoms with E-state index in [0.29, 0.717) is 12.8 Å². The van der Waals surface area contributed by atoms with Crippen LogP contribution in [0.25, 0.3) is 0 Å². The second-order valence-corrected chi connectivity index (χ2v) is 6.81. The molecular formula is C16H16O2S2. The third kappa shape index (κ3) is 2.74. The highest BCUT2D eigenvalue weighted by Gasteiger charge is 2.19. The lowest BCUT2D eigenvalue weighted by atomic mass is 10.1. The van der Waals surface area contributed by atoms with Crippen molar-refractivity contribution < 1.29 is 10.2 Å². The first kappa shape index (κ1) is 14.0. The molecule has 0 spiro atoms. The molecule has 2 N–H and O–H groups in total. The van der Waals surface area contributed by atoms with Crippen LogP contribution in [0.4, 0.5) is 0 Å². The highest BCUT2D eigenvalue weighted by molar-refractivity contribution is 8.05. The summed E-state index contributed by atoms with van der Waals surface area (Å²) in [4.78, 5) is 5.05. The summed E-state index contributed by atoms with van der Waals surface area (Å²) < 4.78 is 0. The van der Waals surface area contributed by atoms with Gasteiger partial charge in [-0.15, -0.1) is 0 Å². The summed E-state index contributed by atoms with van der Waals surface area (Å²) in [6.45, 7) is 0.363. The van der Waals surface area contributed by atoms with Gasteiger partial charge in [0.2, 0.25) is 0 Å². The number of hydrogen-bond acceptors (Lipinski definition) is 4. The largest absolute Gasteiger partial charge is 0.396 e. The fraction of sp³-hybridized carbons (Fsp3) is 0.250. The van der Waals surface area contributed by atoms with E-state index >= 15 is 0 Å². The van der Waals surface area contributed by atoms with Crippen molar-refractivity contribution in [2.75, 3.05) is 13.2 Å². The fourth-order valence-electron chi connectivity index (χ4n) is 2.30. The molecule has 2 nitrogen and oxygen atoms in total. The Bertz CT molecular complexity index is 626. The van der Waals surface area contributed by atoms with E-state index < -0.39 is 0 Å². The first-order valence-corrected chi connectivity index (χ1v) is 8.27. The molecule has 0 fully saturated rings. The number of aliphatic hydroxyl groups excluding tert-OH is 2. The van der Waals surface area contributed by atoms with Crippen LogP contribution < -0.4 is 0 Å². The molecule has 1 heterocycles. The van der Waals surface area contributed by atoms with Crippen molar-refractivity contribution in [3.8, 4) is 0 Å². The van der Waals surface area contributed by atoms with Gasteiger partial charge in [0.25, 0.3) is 0 Å². The highest BCUT2D eigenvalue weighted by Crippen LogP contribution is 2.49. The number of rotatable bonds is 4. The molecule has 104 valence electrons. The van der Waals surface area contributed by atoms with Gasteiger partial charge in [-0.05, 0) is 42.2 Å². The Morgan fingerprint density at radius 3 is 2.45 bits per heavy atom. The second-order valence-electron chi connectivity index (χ2n) is 4.68. The van der Waals surface area contributed by atoms with Gasteiger partial charge < -0.3 is 10.2 Å². The van der Waals surface area contributed by atoms with Crippen LogP contribution in [0.5, 0.6) is 0 Å². The van der Waals surface area contributed by atoms with E-state index in [1.807, 2.05) is 0 Å². The molecule has 0 unspecified atom stereocenters. The van der Waals surface area contributed by atoms with Crippen LogP contribution in [0.15, 0.2) is 56.0 Å². The van der Waals surface area contributed by atoms with Crippen molar-refractivity contribution in [3.63, 3.8) is 0 Å². The molecule has 0 saturated heterocycles. The molecule has 2 aromatic carbocycles. The molecule has 0 amide bonds. The van der Waals surface area contributed by atoms with Gasteiger partial charge in [-0.2, -0.15) is 0 Å². The summed E-state index contributed by atoms with van der Waals surface area (Å²) in [6, 6.07) is 12.7. The molecule has 2 aromatic rings. The van der Waals surface area contributed by atoms with Gasteiger partial charge in [0, 0.05) is 32.8 Å². The number of aliphatic hydroxyl groups is 2. The van der Waals surface area contributed by atoms with Crippen molar-refractivity contribution in [2.24, 2.45) is 0 Å². The maximum absolute atomic E-state index is 9.19. The third-order valence-corrected chi connectivity index (χ3v) is 5.92. The standard InChI is InChI=1S/C16H16O2S2/c17-8-6-11-4-5-13-15(10-11)20-16-12(7-9-18)2-1-3-14(16)19-13/h1-5,10,17-18H,6-9H2. The van der Waals surface area contributed by atoms with E-state index in [9.17, 15) is 5.11 Å². The van der Waals surface area contributed by atoms with Crippen LogP contribution in [0, 0.1) is 0 Å². The number of hydrogen-bond donors (Lipinski definition) is 2. The van der Waals surface area contributed by atoms with Crippen LogP contribution in [-0.2, 0) is 12.8 Å². The zero-order valence-electron chi connectivity index (χ0n) is 11.0. The van der Waals surface area contributed by atoms with Crippen LogP contribution >= 0.6 is 23.5 Å². The van der Waals surface area contributed by atoms with E-state index in [4.69, 9.17) is 5.11 Å². The van der Waals surface area contributed by atoms with Gasteiger partial charge in [-0.1, -0.05) is 41.7 Å². The van der Waals surface area contributed by atoms with E-state index in [2.05, 4.69) is 36.4 Å². The number of fused-ring (bicyclic) bond motifs is 2. The second kappa shape index (κ2) is 6.22. The predicted octanol–water partition coefficient (Wildman–Crippen LogP) is 3.37. The van der Waals surface area contributed by atoms with Crippen LogP contribution in [0.3, 0.4) is 0 Å². The molecule has 1 aliphatic rings. The Balaban J connectivity index is 1.97. The van der Waals surface area contributed by atoms with Gasteiger partial charge >= 0.3 is 0 Å². The predicted molar refractivity (Wildman–Crippen MR) is 82.7 cm³/mol. The third-order valence-electron chi connectivity index (χ3n) is 3.28. The summed E-state index contributed by atoms with van der Waals surface area (Å²) in [5.74, 6) is 0. The van der Waals surface area contributed by atoms with E-state index in [1.54, 1.807) is 23.5 Å². The molecule has 0 radical (unpaired) electrons. The van der Waals surface area contributed by atoms with Crippen LogP contribution in [0.1, 0.15) is 11.1 Å². The molecule has 1 aliphatic heterocycles. The lowest BCUT2D eigenvalue weighted by molar-refractivity contribution is 0.298. The van der Waals surface area contributed by atoms with Crippen molar-refractivity contribution in [2.45, 2.75) is 32.4 Å². The quantitative estimate of drug-likeness (QED) is 0.775. The molecule has 0 aliphatic carbocycles. The van der Waals surface area contributed by atoms with Gasteiger partial charge in [-0.25, -0.2) is 0 Å². The minimum Gasteiger partial charge on any atom is -0.396 e. The Hall–Kier alpha value is -0.940. The van der Waals surface area contributed by atoms with Gasteiger partial charge in [0.15, 0.2) is 0 Å². The molecule has 0 atom stereocenters. The Kier molecular flexibility index (Phi) is 4.36. The SMILES string of the molecule is OCCc1ccc2c(c1)Sc1c(CCO)cccc1S2.